The summed E-state index contributed by atoms with van der Waals surface area (Å²) in [5.41, 5.74) is 3.10. The molecule has 2 N–H and O–H groups in total. The first kappa shape index (κ1) is 17.7. The molecule has 0 aliphatic rings. The molecule has 0 unspecified atom stereocenters. The van der Waals surface area contributed by atoms with E-state index >= 15 is 0 Å². The fraction of sp³-hybridized carbons (Fsp3) is 0.0588. The molecule has 0 saturated heterocycles. The van der Waals surface area contributed by atoms with Gasteiger partial charge in [0, 0.05) is 10.1 Å². The number of nitrogens with one attached hydrogen (secondary N) is 1. The summed E-state index contributed by atoms with van der Waals surface area (Å²) in [7, 11) is 1.45. The number of rotatable bonds is 4. The number of carbonyl (C=O) groups is 1. The Morgan fingerprint density at radius 1 is 1.40 bits per heavy atom. The molecule has 0 saturated carbocycles. The fourth-order valence-electron chi connectivity index (χ4n) is 2.20. The molecule has 1 heterocycles. The number of phenols is 1. The van der Waals surface area contributed by atoms with E-state index in [4.69, 9.17) is 16.3 Å². The van der Waals surface area contributed by atoms with Crippen LogP contribution in [0.25, 0.3) is 10.1 Å². The monoisotopic (exact) mass is 438 g/mol. The van der Waals surface area contributed by atoms with Crippen molar-refractivity contribution in [2.24, 2.45) is 5.10 Å². The van der Waals surface area contributed by atoms with E-state index < -0.39 is 0 Å². The lowest BCUT2D eigenvalue weighted by molar-refractivity contribution is 0.0959. The lowest BCUT2D eigenvalue weighted by atomic mass is 10.2. The van der Waals surface area contributed by atoms with Crippen LogP contribution in [0.3, 0.4) is 0 Å². The number of aromatic hydroxyl groups is 1. The molecule has 128 valence electrons. The largest absolute Gasteiger partial charge is 0.503 e. The van der Waals surface area contributed by atoms with Gasteiger partial charge in [0.05, 0.1) is 22.8 Å². The van der Waals surface area contributed by atoms with Crippen LogP contribution in [0.15, 0.2) is 46.0 Å². The Balaban J connectivity index is 1.79. The van der Waals surface area contributed by atoms with Gasteiger partial charge in [0.2, 0.25) is 0 Å². The minimum atomic E-state index is -0.382. The molecule has 25 heavy (non-hydrogen) atoms. The number of thiophene rings is 1. The first-order chi connectivity index (χ1) is 12.0. The highest BCUT2D eigenvalue weighted by molar-refractivity contribution is 9.10. The Hall–Kier alpha value is -2.09. The Labute approximate surface area is 161 Å². The average molecular weight is 440 g/mol. The number of fused-ring (bicyclic) bond motifs is 1. The van der Waals surface area contributed by atoms with Gasteiger partial charge in [0.25, 0.3) is 5.91 Å². The number of hydrogen-bond acceptors (Lipinski definition) is 5. The van der Waals surface area contributed by atoms with Crippen LogP contribution in [0.2, 0.25) is 5.02 Å². The van der Waals surface area contributed by atoms with Crippen LogP contribution in [-0.4, -0.2) is 24.3 Å². The summed E-state index contributed by atoms with van der Waals surface area (Å²) in [5, 5.41) is 15.0. The van der Waals surface area contributed by atoms with Crippen LogP contribution < -0.4 is 10.2 Å². The zero-order valence-electron chi connectivity index (χ0n) is 12.9. The second-order valence-corrected chi connectivity index (χ2v) is 7.28. The molecule has 1 aromatic heterocycles. The second kappa shape index (κ2) is 7.43. The van der Waals surface area contributed by atoms with Gasteiger partial charge < -0.3 is 9.84 Å². The molecule has 0 bridgehead atoms. The number of phenolic OH excluding ortho intramolecular Hbond substituents is 1. The minimum Gasteiger partial charge on any atom is -0.503 e. The van der Waals surface area contributed by atoms with Crippen LogP contribution in [-0.2, 0) is 0 Å². The molecule has 1 amide bonds. The predicted octanol–water partition coefficient (Wildman–Crippen LogP) is 4.80. The highest BCUT2D eigenvalue weighted by Crippen LogP contribution is 2.35. The van der Waals surface area contributed by atoms with E-state index in [1.807, 2.05) is 24.3 Å². The van der Waals surface area contributed by atoms with Crippen molar-refractivity contribution in [2.75, 3.05) is 7.11 Å². The molecule has 2 aromatic carbocycles. The van der Waals surface area contributed by atoms with Gasteiger partial charge in [-0.2, -0.15) is 5.10 Å². The number of hydrazone groups is 1. The van der Waals surface area contributed by atoms with Crippen molar-refractivity contribution in [3.8, 4) is 11.5 Å². The summed E-state index contributed by atoms with van der Waals surface area (Å²) >= 11 is 10.8. The van der Waals surface area contributed by atoms with Crippen LogP contribution in [0, 0.1) is 0 Å². The van der Waals surface area contributed by atoms with Crippen molar-refractivity contribution in [3.05, 3.63) is 56.3 Å². The van der Waals surface area contributed by atoms with E-state index in [9.17, 15) is 9.90 Å². The maximum atomic E-state index is 12.3. The van der Waals surface area contributed by atoms with Gasteiger partial charge in [-0.3, -0.25) is 4.79 Å². The van der Waals surface area contributed by atoms with Gasteiger partial charge in [-0.05, 0) is 39.7 Å². The number of benzene rings is 2. The maximum absolute atomic E-state index is 12.3. The molecule has 0 radical (unpaired) electrons. The number of carbonyl (C=O) groups excluding carboxylic acids is 1. The third-order valence-corrected chi connectivity index (χ3v) is 5.67. The van der Waals surface area contributed by atoms with Gasteiger partial charge in [-0.1, -0.05) is 29.8 Å². The number of hydrogen-bond donors (Lipinski definition) is 2. The van der Waals surface area contributed by atoms with Gasteiger partial charge in [-0.25, -0.2) is 5.43 Å². The van der Waals surface area contributed by atoms with E-state index in [1.165, 1.54) is 24.7 Å². The minimum absolute atomic E-state index is 0.000688. The number of amides is 1. The van der Waals surface area contributed by atoms with E-state index in [1.54, 1.807) is 12.1 Å². The Morgan fingerprint density at radius 2 is 2.16 bits per heavy atom. The van der Waals surface area contributed by atoms with Crippen LogP contribution in [0.4, 0.5) is 0 Å². The number of halogens is 2. The standard InChI is InChI=1S/C17H12BrClN2O3S/c1-24-12-7-9(6-11(18)15(12)22)8-20-21-17(23)16-14(19)10-4-2-3-5-13(10)25-16/h2-8,22H,1H3,(H,21,23)/b20-8+. The maximum Gasteiger partial charge on any atom is 0.283 e. The molecule has 0 atom stereocenters. The molecule has 0 aliphatic carbocycles. The summed E-state index contributed by atoms with van der Waals surface area (Å²) in [4.78, 5) is 12.7. The lowest BCUT2D eigenvalue weighted by Gasteiger charge is -2.06. The van der Waals surface area contributed by atoms with Crippen molar-refractivity contribution < 1.29 is 14.6 Å². The molecule has 3 rings (SSSR count). The molecule has 5 nitrogen and oxygen atoms in total. The Kier molecular flexibility index (Phi) is 5.27. The molecule has 0 aliphatic heterocycles. The predicted molar refractivity (Wildman–Crippen MR) is 104 cm³/mol. The molecule has 0 spiro atoms. The molecule has 0 fully saturated rings. The number of methoxy groups -OCH3 is 1. The molecule has 3 aromatic rings. The van der Waals surface area contributed by atoms with Crippen LogP contribution >= 0.6 is 38.9 Å². The van der Waals surface area contributed by atoms with Gasteiger partial charge in [0.15, 0.2) is 11.5 Å². The van der Waals surface area contributed by atoms with Crippen molar-refractivity contribution >= 4 is 61.1 Å². The number of nitrogens with zero attached hydrogens (tertiary/aromatic N) is 1. The summed E-state index contributed by atoms with van der Waals surface area (Å²) in [5.74, 6) is -0.0808. The lowest BCUT2D eigenvalue weighted by Crippen LogP contribution is -2.16. The molecular formula is C17H12BrClN2O3S. The topological polar surface area (TPSA) is 70.9 Å². The van der Waals surface area contributed by atoms with E-state index in [2.05, 4.69) is 26.5 Å². The normalized spacial score (nSPS) is 11.2. The Bertz CT molecular complexity index is 987. The first-order valence-corrected chi connectivity index (χ1v) is 9.07. The summed E-state index contributed by atoms with van der Waals surface area (Å²) in [6.45, 7) is 0. The fourth-order valence-corrected chi connectivity index (χ4v) is 4.07. The van der Waals surface area contributed by atoms with Crippen molar-refractivity contribution in [2.45, 2.75) is 0 Å². The van der Waals surface area contributed by atoms with Crippen molar-refractivity contribution in [1.82, 2.24) is 5.43 Å². The van der Waals surface area contributed by atoms with Gasteiger partial charge in [-0.15, -0.1) is 11.3 Å². The smallest absolute Gasteiger partial charge is 0.283 e. The second-order valence-electron chi connectivity index (χ2n) is 4.99. The van der Waals surface area contributed by atoms with Gasteiger partial charge in [0.1, 0.15) is 4.88 Å². The zero-order chi connectivity index (χ0) is 18.0. The highest BCUT2D eigenvalue weighted by Gasteiger charge is 2.16. The quantitative estimate of drug-likeness (QED) is 0.453. The van der Waals surface area contributed by atoms with Gasteiger partial charge >= 0.3 is 0 Å². The van der Waals surface area contributed by atoms with E-state index in [0.29, 0.717) is 25.7 Å². The van der Waals surface area contributed by atoms with Crippen LogP contribution in [0.5, 0.6) is 11.5 Å². The summed E-state index contributed by atoms with van der Waals surface area (Å²) in [6, 6.07) is 10.8. The summed E-state index contributed by atoms with van der Waals surface area (Å²) in [6.07, 6.45) is 1.45. The third-order valence-electron chi connectivity index (χ3n) is 3.39. The van der Waals surface area contributed by atoms with Crippen LogP contribution in [0.1, 0.15) is 15.2 Å². The molecule has 8 heteroatoms. The highest BCUT2D eigenvalue weighted by atomic mass is 79.9. The Morgan fingerprint density at radius 3 is 2.88 bits per heavy atom. The zero-order valence-corrected chi connectivity index (χ0v) is 16.1. The SMILES string of the molecule is COc1cc(/C=N/NC(=O)c2sc3ccccc3c2Cl)cc(Br)c1O. The number of ether oxygens (including phenoxy) is 1. The van der Waals surface area contributed by atoms with Crippen molar-refractivity contribution in [3.63, 3.8) is 0 Å². The van der Waals surface area contributed by atoms with E-state index in [-0.39, 0.29) is 11.7 Å². The van der Waals surface area contributed by atoms with E-state index in [0.717, 1.165) is 10.1 Å². The average Bonchev–Trinajstić information content (AvgIpc) is 2.95. The van der Waals surface area contributed by atoms with Crippen molar-refractivity contribution in [1.29, 1.82) is 0 Å². The summed E-state index contributed by atoms with van der Waals surface area (Å²) < 4.78 is 6.47. The third kappa shape index (κ3) is 3.63. The molecular weight excluding hydrogens is 428 g/mol. The first-order valence-electron chi connectivity index (χ1n) is 7.08.